The van der Waals surface area contributed by atoms with Gasteiger partial charge in [-0.2, -0.15) is 0 Å². The van der Waals surface area contributed by atoms with Gasteiger partial charge in [0.2, 0.25) is 11.8 Å². The van der Waals surface area contributed by atoms with Gasteiger partial charge in [0.05, 0.1) is 0 Å². The number of amides is 2. The molecule has 5 rings (SSSR count). The molecule has 0 aromatic rings. The lowest BCUT2D eigenvalue weighted by Crippen LogP contribution is -2.48. The first-order valence-electron chi connectivity index (χ1n) is 11.3. The van der Waals surface area contributed by atoms with Crippen LogP contribution in [0.4, 0.5) is 0 Å². The number of carbonyl (C=O) groups is 2. The van der Waals surface area contributed by atoms with Gasteiger partial charge in [-0.3, -0.25) is 9.59 Å². The highest BCUT2D eigenvalue weighted by Gasteiger charge is 2.47. The molecule has 5 fully saturated rings. The number of hydrogen-bond donors (Lipinski definition) is 1. The van der Waals surface area contributed by atoms with Crippen LogP contribution >= 0.6 is 0 Å². The highest BCUT2D eigenvalue weighted by molar-refractivity contribution is 5.81. The van der Waals surface area contributed by atoms with Gasteiger partial charge in [-0.1, -0.05) is 6.42 Å². The van der Waals surface area contributed by atoms with E-state index in [2.05, 4.69) is 5.32 Å². The van der Waals surface area contributed by atoms with Crippen LogP contribution in [0, 0.1) is 35.5 Å². The van der Waals surface area contributed by atoms with E-state index in [0.717, 1.165) is 62.4 Å². The van der Waals surface area contributed by atoms with Crippen LogP contribution in [-0.2, 0) is 9.59 Å². The first-order chi connectivity index (χ1) is 12.7. The molecule has 0 aromatic carbocycles. The van der Waals surface area contributed by atoms with E-state index in [4.69, 9.17) is 0 Å². The average molecular weight is 359 g/mol. The maximum atomic E-state index is 12.9. The van der Waals surface area contributed by atoms with Gasteiger partial charge in [-0.25, -0.2) is 0 Å². The fourth-order valence-electron chi connectivity index (χ4n) is 6.85. The molecular formula is C22H34N2O2. The minimum absolute atomic E-state index is 0.123. The zero-order valence-electron chi connectivity index (χ0n) is 16.0. The molecule has 26 heavy (non-hydrogen) atoms. The van der Waals surface area contributed by atoms with Crippen LogP contribution in [0.3, 0.4) is 0 Å². The monoisotopic (exact) mass is 358 g/mol. The van der Waals surface area contributed by atoms with E-state index in [1.807, 2.05) is 4.90 Å². The Morgan fingerprint density at radius 1 is 0.769 bits per heavy atom. The van der Waals surface area contributed by atoms with E-state index in [0.29, 0.717) is 11.9 Å². The average Bonchev–Trinajstić information content (AvgIpc) is 2.84. The topological polar surface area (TPSA) is 49.4 Å². The van der Waals surface area contributed by atoms with Crippen molar-refractivity contribution in [1.82, 2.24) is 10.2 Å². The van der Waals surface area contributed by atoms with Crippen LogP contribution in [0.25, 0.3) is 0 Å². The summed E-state index contributed by atoms with van der Waals surface area (Å²) in [6.45, 7) is 1.57. The van der Waals surface area contributed by atoms with E-state index < -0.39 is 0 Å². The summed E-state index contributed by atoms with van der Waals surface area (Å²) in [7, 11) is 0. The van der Waals surface area contributed by atoms with Crippen LogP contribution in [-0.4, -0.2) is 35.8 Å². The lowest BCUT2D eigenvalue weighted by Gasteiger charge is -2.37. The predicted molar refractivity (Wildman–Crippen MR) is 100 cm³/mol. The largest absolute Gasteiger partial charge is 0.353 e. The molecule has 3 bridgehead atoms. The van der Waals surface area contributed by atoms with Gasteiger partial charge in [0, 0.05) is 31.0 Å². The molecule has 5 unspecified atom stereocenters. The van der Waals surface area contributed by atoms with Crippen LogP contribution in [0.1, 0.15) is 70.6 Å². The number of nitrogens with zero attached hydrogens (tertiary/aromatic N) is 1. The van der Waals surface area contributed by atoms with Crippen molar-refractivity contribution < 1.29 is 9.59 Å². The molecule has 4 heteroatoms. The van der Waals surface area contributed by atoms with E-state index in [1.165, 1.54) is 44.9 Å². The van der Waals surface area contributed by atoms with Gasteiger partial charge in [-0.05, 0) is 87.9 Å². The Morgan fingerprint density at radius 2 is 1.54 bits per heavy atom. The smallest absolute Gasteiger partial charge is 0.225 e. The number of nitrogens with one attached hydrogen (secondary N) is 1. The molecule has 4 saturated carbocycles. The Hall–Kier alpha value is -1.06. The van der Waals surface area contributed by atoms with Crippen LogP contribution in [0.2, 0.25) is 0 Å². The SMILES string of the molecule is O=C(NC1CCC2CC3CC(C2)C1C3)C1CCN(C(=O)C2CCC2)CC1. The second kappa shape index (κ2) is 6.83. The van der Waals surface area contributed by atoms with Crippen molar-refractivity contribution >= 4 is 11.8 Å². The quantitative estimate of drug-likeness (QED) is 0.841. The van der Waals surface area contributed by atoms with Gasteiger partial charge < -0.3 is 10.2 Å². The zero-order chi connectivity index (χ0) is 17.7. The lowest BCUT2D eigenvalue weighted by molar-refractivity contribution is -0.141. The highest BCUT2D eigenvalue weighted by atomic mass is 16.2. The molecule has 1 aliphatic heterocycles. The Bertz CT molecular complexity index is 564. The Balaban J connectivity index is 1.15. The molecule has 4 nitrogen and oxygen atoms in total. The zero-order valence-corrected chi connectivity index (χ0v) is 16.0. The molecule has 0 radical (unpaired) electrons. The molecule has 1 saturated heterocycles. The summed E-state index contributed by atoms with van der Waals surface area (Å²) in [5.41, 5.74) is 0. The molecule has 0 spiro atoms. The molecule has 5 aliphatic rings. The van der Waals surface area contributed by atoms with Crippen molar-refractivity contribution in [3.63, 3.8) is 0 Å². The molecule has 1 N–H and O–H groups in total. The molecule has 4 aliphatic carbocycles. The number of fused-ring (bicyclic) bond motifs is 2. The van der Waals surface area contributed by atoms with Crippen molar-refractivity contribution in [3.05, 3.63) is 0 Å². The summed E-state index contributed by atoms with van der Waals surface area (Å²) in [4.78, 5) is 27.3. The fraction of sp³-hybridized carbons (Fsp3) is 0.909. The van der Waals surface area contributed by atoms with Crippen molar-refractivity contribution in [2.45, 2.75) is 76.7 Å². The molecule has 144 valence electrons. The summed E-state index contributed by atoms with van der Waals surface area (Å²) in [5.74, 6) is 4.56. The maximum absolute atomic E-state index is 12.9. The normalized spacial score (nSPS) is 40.2. The minimum Gasteiger partial charge on any atom is -0.353 e. The lowest BCUT2D eigenvalue weighted by atomic mass is 9.80. The Kier molecular flexibility index (Phi) is 4.48. The van der Waals surface area contributed by atoms with Gasteiger partial charge in [0.25, 0.3) is 0 Å². The summed E-state index contributed by atoms with van der Waals surface area (Å²) in [6.07, 6.45) is 13.3. The summed E-state index contributed by atoms with van der Waals surface area (Å²) in [5, 5.41) is 3.49. The van der Waals surface area contributed by atoms with E-state index >= 15 is 0 Å². The maximum Gasteiger partial charge on any atom is 0.225 e. The van der Waals surface area contributed by atoms with E-state index in [-0.39, 0.29) is 17.7 Å². The minimum atomic E-state index is 0.123. The van der Waals surface area contributed by atoms with Crippen molar-refractivity contribution in [1.29, 1.82) is 0 Å². The van der Waals surface area contributed by atoms with Crippen molar-refractivity contribution in [2.24, 2.45) is 35.5 Å². The van der Waals surface area contributed by atoms with E-state index in [9.17, 15) is 9.59 Å². The first kappa shape index (κ1) is 17.1. The standard InChI is InChI=1S/C22H34N2O2/c25-21(16-6-8-24(9-7-16)22(26)17-2-1-3-17)23-20-5-4-14-10-15-12-18(11-14)19(20)13-15/h14-20H,1-13H2,(H,23,25). The van der Waals surface area contributed by atoms with Gasteiger partial charge in [-0.15, -0.1) is 0 Å². The third kappa shape index (κ3) is 3.07. The molecule has 5 atom stereocenters. The van der Waals surface area contributed by atoms with Gasteiger partial charge >= 0.3 is 0 Å². The third-order valence-electron chi connectivity index (χ3n) is 8.51. The summed E-state index contributed by atoms with van der Waals surface area (Å²) >= 11 is 0. The fourth-order valence-corrected chi connectivity index (χ4v) is 6.85. The van der Waals surface area contributed by atoms with Crippen LogP contribution < -0.4 is 5.32 Å². The van der Waals surface area contributed by atoms with Gasteiger partial charge in [0.1, 0.15) is 0 Å². The van der Waals surface area contributed by atoms with Gasteiger partial charge in [0.15, 0.2) is 0 Å². The number of rotatable bonds is 3. The number of likely N-dealkylation sites (tertiary alicyclic amines) is 1. The Labute approximate surface area is 157 Å². The highest BCUT2D eigenvalue weighted by Crippen LogP contribution is 2.53. The summed E-state index contributed by atoms with van der Waals surface area (Å²) < 4.78 is 0. The molecule has 1 heterocycles. The molecule has 2 amide bonds. The van der Waals surface area contributed by atoms with Crippen molar-refractivity contribution in [3.8, 4) is 0 Å². The molecular weight excluding hydrogens is 324 g/mol. The molecule has 0 aromatic heterocycles. The van der Waals surface area contributed by atoms with Crippen molar-refractivity contribution in [2.75, 3.05) is 13.1 Å². The van der Waals surface area contributed by atoms with E-state index in [1.54, 1.807) is 0 Å². The third-order valence-corrected chi connectivity index (χ3v) is 8.51. The second-order valence-corrected chi connectivity index (χ2v) is 10.0. The first-order valence-corrected chi connectivity index (χ1v) is 11.3. The van der Waals surface area contributed by atoms with Crippen LogP contribution in [0.15, 0.2) is 0 Å². The summed E-state index contributed by atoms with van der Waals surface area (Å²) in [6, 6.07) is 0.428. The van der Waals surface area contributed by atoms with Crippen LogP contribution in [0.5, 0.6) is 0 Å². The number of piperidine rings is 1. The Morgan fingerprint density at radius 3 is 2.27 bits per heavy atom. The second-order valence-electron chi connectivity index (χ2n) is 10.0. The number of hydrogen-bond acceptors (Lipinski definition) is 2. The predicted octanol–water partition coefficient (Wildman–Crippen LogP) is 3.36. The number of carbonyl (C=O) groups excluding carboxylic acids is 2.